The van der Waals surface area contributed by atoms with E-state index in [1.54, 1.807) is 4.52 Å². The number of aromatic amines is 1. The topological polar surface area (TPSA) is 109 Å². The maximum atomic E-state index is 12.3. The smallest absolute Gasteiger partial charge is 0.362 e. The number of hydrogen-bond donors (Lipinski definition) is 2. The van der Waals surface area contributed by atoms with Gasteiger partial charge in [0.1, 0.15) is 17.4 Å². The van der Waals surface area contributed by atoms with Crippen LogP contribution in [0.5, 0.6) is 5.75 Å². The Morgan fingerprint density at radius 2 is 1.77 bits per heavy atom. The molecular weight excluding hydrogens is 390 g/mol. The first kappa shape index (κ1) is 17.3. The molecule has 0 saturated heterocycles. The first-order valence-corrected chi connectivity index (χ1v) is 9.76. The fourth-order valence-corrected chi connectivity index (χ4v) is 4.54. The van der Waals surface area contributed by atoms with Gasteiger partial charge < -0.3 is 10.5 Å². The Hall–Kier alpha value is -4.57. The minimum absolute atomic E-state index is 0.0559. The van der Waals surface area contributed by atoms with E-state index in [9.17, 15) is 10.1 Å². The van der Waals surface area contributed by atoms with Gasteiger partial charge in [-0.1, -0.05) is 54.6 Å². The third-order valence-electron chi connectivity index (χ3n) is 5.81. The average molecular weight is 405 g/mol. The van der Waals surface area contributed by atoms with Gasteiger partial charge in [0.25, 0.3) is 0 Å². The molecule has 1 atom stereocenters. The number of pyridine rings is 1. The molecule has 3 N–H and O–H groups in total. The Kier molecular flexibility index (Phi) is 3.47. The molecular formula is C24H15N5O2. The number of fused-ring (bicyclic) bond motifs is 7. The monoisotopic (exact) mass is 405 g/mol. The minimum atomic E-state index is -0.540. The quantitative estimate of drug-likeness (QED) is 0.443. The zero-order chi connectivity index (χ0) is 21.1. The molecule has 0 bridgehead atoms. The molecule has 0 aliphatic carbocycles. The zero-order valence-electron chi connectivity index (χ0n) is 16.2. The molecule has 1 aliphatic rings. The van der Waals surface area contributed by atoms with Crippen molar-refractivity contribution < 1.29 is 4.74 Å². The molecule has 148 valence electrons. The molecule has 0 spiro atoms. The van der Waals surface area contributed by atoms with Crippen molar-refractivity contribution in [3.63, 3.8) is 0 Å². The summed E-state index contributed by atoms with van der Waals surface area (Å²) in [5.74, 6) is 0.0269. The Labute approximate surface area is 175 Å². The Balaban J connectivity index is 1.82. The van der Waals surface area contributed by atoms with Gasteiger partial charge in [0.05, 0.1) is 17.0 Å². The number of rotatable bonds is 1. The summed E-state index contributed by atoms with van der Waals surface area (Å²) in [7, 11) is 0. The van der Waals surface area contributed by atoms with Crippen LogP contribution in [0.3, 0.4) is 0 Å². The van der Waals surface area contributed by atoms with Crippen molar-refractivity contribution in [2.24, 2.45) is 5.73 Å². The predicted octanol–water partition coefficient (Wildman–Crippen LogP) is 3.55. The van der Waals surface area contributed by atoms with E-state index in [0.717, 1.165) is 27.2 Å². The lowest BCUT2D eigenvalue weighted by atomic mass is 9.81. The highest BCUT2D eigenvalue weighted by Gasteiger charge is 2.36. The number of H-pyrrole nitrogens is 1. The van der Waals surface area contributed by atoms with E-state index < -0.39 is 11.6 Å². The lowest BCUT2D eigenvalue weighted by molar-refractivity contribution is 0.399. The number of nitrogens with two attached hydrogens (primary N) is 1. The highest BCUT2D eigenvalue weighted by Crippen LogP contribution is 2.48. The van der Waals surface area contributed by atoms with E-state index in [2.05, 4.69) is 16.2 Å². The predicted molar refractivity (Wildman–Crippen MR) is 117 cm³/mol. The molecule has 3 aromatic carbocycles. The molecule has 0 radical (unpaired) electrons. The summed E-state index contributed by atoms with van der Waals surface area (Å²) < 4.78 is 7.64. The third kappa shape index (κ3) is 2.33. The highest BCUT2D eigenvalue weighted by molar-refractivity contribution is 5.94. The van der Waals surface area contributed by atoms with Gasteiger partial charge >= 0.3 is 5.69 Å². The highest BCUT2D eigenvalue weighted by atomic mass is 16.5. The van der Waals surface area contributed by atoms with Crippen LogP contribution in [0.15, 0.2) is 83.0 Å². The minimum Gasteiger partial charge on any atom is -0.439 e. The van der Waals surface area contributed by atoms with Gasteiger partial charge in [-0.2, -0.15) is 10.2 Å². The number of ether oxygens (including phenoxy) is 1. The second-order valence-electron chi connectivity index (χ2n) is 7.44. The van der Waals surface area contributed by atoms with Crippen LogP contribution in [0.25, 0.3) is 27.3 Å². The number of nitrogens with one attached hydrogen (secondary N) is 1. The molecule has 1 unspecified atom stereocenters. The van der Waals surface area contributed by atoms with Crippen LogP contribution in [0.2, 0.25) is 0 Å². The molecule has 2 aromatic heterocycles. The van der Waals surface area contributed by atoms with E-state index in [1.165, 1.54) is 0 Å². The van der Waals surface area contributed by atoms with Gasteiger partial charge in [-0.25, -0.2) is 14.4 Å². The first-order chi connectivity index (χ1) is 15.2. The lowest BCUT2D eigenvalue weighted by Crippen LogP contribution is -2.22. The van der Waals surface area contributed by atoms with Crippen molar-refractivity contribution in [3.8, 4) is 11.8 Å². The van der Waals surface area contributed by atoms with Crippen molar-refractivity contribution in [1.29, 1.82) is 5.26 Å². The van der Waals surface area contributed by atoms with Crippen molar-refractivity contribution in [3.05, 3.63) is 99.8 Å². The second kappa shape index (κ2) is 6.21. The zero-order valence-corrected chi connectivity index (χ0v) is 16.2. The van der Waals surface area contributed by atoms with Crippen LogP contribution < -0.4 is 16.2 Å². The van der Waals surface area contributed by atoms with Gasteiger partial charge in [-0.05, 0) is 28.5 Å². The molecule has 7 heteroatoms. The van der Waals surface area contributed by atoms with Crippen LogP contribution in [-0.2, 0) is 0 Å². The van der Waals surface area contributed by atoms with Gasteiger partial charge in [0, 0.05) is 5.39 Å². The second-order valence-corrected chi connectivity index (χ2v) is 7.44. The van der Waals surface area contributed by atoms with Gasteiger partial charge in [-0.3, -0.25) is 0 Å². The van der Waals surface area contributed by atoms with E-state index in [1.807, 2.05) is 66.7 Å². The van der Waals surface area contributed by atoms with E-state index in [0.29, 0.717) is 17.0 Å². The third-order valence-corrected chi connectivity index (χ3v) is 5.81. The summed E-state index contributed by atoms with van der Waals surface area (Å²) in [5.41, 5.74) is 8.75. The number of allylic oxidation sites excluding steroid dienone is 1. The first-order valence-electron chi connectivity index (χ1n) is 9.76. The summed E-state index contributed by atoms with van der Waals surface area (Å²) >= 11 is 0. The Morgan fingerprint density at radius 3 is 2.61 bits per heavy atom. The van der Waals surface area contributed by atoms with Gasteiger partial charge in [0.2, 0.25) is 5.88 Å². The maximum absolute atomic E-state index is 12.3. The molecule has 6 rings (SSSR count). The van der Waals surface area contributed by atoms with Crippen LogP contribution in [0.4, 0.5) is 0 Å². The fourth-order valence-electron chi connectivity index (χ4n) is 4.54. The molecule has 3 heterocycles. The average Bonchev–Trinajstić information content (AvgIpc) is 3.19. The molecule has 0 fully saturated rings. The van der Waals surface area contributed by atoms with Crippen molar-refractivity contribution in [1.82, 2.24) is 14.6 Å². The number of hydrogen-bond acceptors (Lipinski definition) is 5. The molecule has 1 aliphatic heterocycles. The summed E-state index contributed by atoms with van der Waals surface area (Å²) in [6.07, 6.45) is 0. The standard InChI is InChI=1S/C24H15N5O2/c25-12-17-19(15-10-5-7-13-6-1-2-8-14(13)15)20-21(31-22(17)26)16-9-3-4-11-18(16)29-23(20)27-24(30)28-29/h1-11,19H,26H2,(H,28,30). The van der Waals surface area contributed by atoms with E-state index in [-0.39, 0.29) is 11.5 Å². The maximum Gasteiger partial charge on any atom is 0.362 e. The van der Waals surface area contributed by atoms with Crippen LogP contribution in [0, 0.1) is 11.3 Å². The fraction of sp³-hybridized carbons (Fsp3) is 0.0417. The van der Waals surface area contributed by atoms with Crippen LogP contribution in [0.1, 0.15) is 17.0 Å². The Morgan fingerprint density at radius 1 is 1.03 bits per heavy atom. The molecule has 31 heavy (non-hydrogen) atoms. The summed E-state index contributed by atoms with van der Waals surface area (Å²) in [4.78, 5) is 16.5. The van der Waals surface area contributed by atoms with Gasteiger partial charge in [-0.15, -0.1) is 0 Å². The van der Waals surface area contributed by atoms with Gasteiger partial charge in [0.15, 0.2) is 5.65 Å². The molecule has 5 aromatic rings. The summed E-state index contributed by atoms with van der Waals surface area (Å²) in [5, 5.41) is 15.6. The normalized spacial score (nSPS) is 15.8. The van der Waals surface area contributed by atoms with Crippen LogP contribution >= 0.6 is 0 Å². The largest absolute Gasteiger partial charge is 0.439 e. The summed E-state index contributed by atoms with van der Waals surface area (Å²) in [6, 6.07) is 23.7. The van der Waals surface area contributed by atoms with Crippen molar-refractivity contribution >= 4 is 27.3 Å². The van der Waals surface area contributed by atoms with E-state index in [4.69, 9.17) is 10.5 Å². The SMILES string of the molecule is N#CC1=C(N)Oc2c(c3nc(=O)[nH]n3c3ccccc23)C1c1cccc2ccccc12. The number of nitrogens with zero attached hydrogens (tertiary/aromatic N) is 3. The summed E-state index contributed by atoms with van der Waals surface area (Å²) in [6.45, 7) is 0. The number of nitriles is 1. The number of benzene rings is 3. The molecule has 0 amide bonds. The lowest BCUT2D eigenvalue weighted by Gasteiger charge is -2.28. The van der Waals surface area contributed by atoms with Crippen molar-refractivity contribution in [2.45, 2.75) is 5.92 Å². The number of para-hydroxylation sites is 1. The molecule has 0 saturated carbocycles. The Bertz CT molecular complexity index is 1660. The van der Waals surface area contributed by atoms with Crippen LogP contribution in [-0.4, -0.2) is 14.6 Å². The number of aromatic nitrogens is 3. The van der Waals surface area contributed by atoms with E-state index >= 15 is 0 Å². The van der Waals surface area contributed by atoms with Crippen molar-refractivity contribution in [2.75, 3.05) is 0 Å². The molecule has 7 nitrogen and oxygen atoms in total.